The maximum absolute atomic E-state index is 12.5. The van der Waals surface area contributed by atoms with Gasteiger partial charge in [-0.05, 0) is 17.9 Å². The lowest BCUT2D eigenvalue weighted by atomic mass is 9.48. The molecule has 3 rings (SSSR count). The number of rotatable bonds is 3. The fraction of sp³-hybridized carbons (Fsp3) is 0.643. The first-order valence-electron chi connectivity index (χ1n) is 6.69. The van der Waals surface area contributed by atoms with Crippen molar-refractivity contribution in [2.45, 2.75) is 38.5 Å². The zero-order valence-corrected chi connectivity index (χ0v) is 12.1. The molecule has 3 N–H and O–H groups in total. The highest BCUT2D eigenvalue weighted by atomic mass is 32.1. The molecule has 2 heterocycles. The monoisotopic (exact) mass is 280 g/mol. The Labute approximate surface area is 117 Å². The average molecular weight is 280 g/mol. The van der Waals surface area contributed by atoms with Crippen LogP contribution in [0.1, 0.15) is 25.1 Å². The van der Waals surface area contributed by atoms with Crippen LogP contribution in [0.2, 0.25) is 0 Å². The van der Waals surface area contributed by atoms with Crippen molar-refractivity contribution in [2.24, 2.45) is 17.1 Å². The number of hydrogen-bond acceptors (Lipinski definition) is 4. The summed E-state index contributed by atoms with van der Waals surface area (Å²) in [5.41, 5.74) is 5.36. The molecule has 3 atom stereocenters. The van der Waals surface area contributed by atoms with E-state index in [1.807, 2.05) is 31.4 Å². The Balaban J connectivity index is 1.72. The maximum Gasteiger partial charge on any atom is 0.241 e. The summed E-state index contributed by atoms with van der Waals surface area (Å²) in [5.74, 6) is 0.114. The molecule has 1 saturated carbocycles. The third kappa shape index (κ3) is 1.68. The van der Waals surface area contributed by atoms with Gasteiger partial charge in [-0.2, -0.15) is 0 Å². The van der Waals surface area contributed by atoms with Crippen LogP contribution in [-0.4, -0.2) is 24.2 Å². The lowest BCUT2D eigenvalue weighted by molar-refractivity contribution is -0.175. The molecule has 1 saturated heterocycles. The van der Waals surface area contributed by atoms with E-state index >= 15 is 0 Å². The van der Waals surface area contributed by atoms with Crippen LogP contribution in [0, 0.1) is 11.3 Å². The minimum atomic E-state index is -0.800. The van der Waals surface area contributed by atoms with E-state index in [4.69, 9.17) is 10.5 Å². The van der Waals surface area contributed by atoms with Gasteiger partial charge in [0.15, 0.2) is 0 Å². The summed E-state index contributed by atoms with van der Waals surface area (Å²) >= 11 is 1.64. The highest BCUT2D eigenvalue weighted by molar-refractivity contribution is 7.09. The molecule has 1 aliphatic carbocycles. The van der Waals surface area contributed by atoms with E-state index in [2.05, 4.69) is 5.32 Å². The van der Waals surface area contributed by atoms with Gasteiger partial charge in [-0.25, -0.2) is 0 Å². The fourth-order valence-corrected chi connectivity index (χ4v) is 4.22. The molecule has 4 nitrogen and oxygen atoms in total. The molecular formula is C14H20N2O2S. The molecule has 1 amide bonds. The molecule has 0 bridgehead atoms. The number of fused-ring (bicyclic) bond motifs is 1. The Hall–Kier alpha value is -0.910. The van der Waals surface area contributed by atoms with E-state index in [0.717, 1.165) is 17.9 Å². The van der Waals surface area contributed by atoms with Crippen molar-refractivity contribution in [2.75, 3.05) is 6.61 Å². The molecule has 5 heteroatoms. The quantitative estimate of drug-likeness (QED) is 0.882. The Kier molecular flexibility index (Phi) is 2.96. The predicted molar refractivity (Wildman–Crippen MR) is 74.7 cm³/mol. The smallest absolute Gasteiger partial charge is 0.241 e. The predicted octanol–water partition coefficient (Wildman–Crippen LogP) is 1.51. The van der Waals surface area contributed by atoms with Crippen LogP contribution in [0.25, 0.3) is 0 Å². The Morgan fingerprint density at radius 3 is 3.11 bits per heavy atom. The number of amides is 1. The summed E-state index contributed by atoms with van der Waals surface area (Å²) < 4.78 is 5.71. The van der Waals surface area contributed by atoms with Crippen LogP contribution in [0.5, 0.6) is 0 Å². The highest BCUT2D eigenvalue weighted by Crippen LogP contribution is 2.58. The number of carbonyl (C=O) groups excluding carboxylic acids is 1. The van der Waals surface area contributed by atoms with Gasteiger partial charge in [-0.3, -0.25) is 4.79 Å². The minimum absolute atomic E-state index is 0.0438. The molecule has 104 valence electrons. The fourth-order valence-electron chi connectivity index (χ4n) is 3.57. The van der Waals surface area contributed by atoms with Crippen LogP contribution in [0.4, 0.5) is 0 Å². The van der Waals surface area contributed by atoms with Gasteiger partial charge >= 0.3 is 0 Å². The molecule has 1 aromatic heterocycles. The van der Waals surface area contributed by atoms with E-state index in [-0.39, 0.29) is 23.3 Å². The van der Waals surface area contributed by atoms with E-state index in [1.165, 1.54) is 0 Å². The number of ether oxygens (including phenoxy) is 1. The zero-order valence-electron chi connectivity index (χ0n) is 11.3. The average Bonchev–Trinajstić information content (AvgIpc) is 3.04. The summed E-state index contributed by atoms with van der Waals surface area (Å²) in [4.78, 5) is 13.7. The van der Waals surface area contributed by atoms with E-state index in [1.54, 1.807) is 11.3 Å². The van der Waals surface area contributed by atoms with E-state index in [0.29, 0.717) is 6.54 Å². The third-order valence-corrected chi connectivity index (χ3v) is 5.71. The molecule has 1 aromatic rings. The molecule has 2 fully saturated rings. The minimum Gasteiger partial charge on any atom is -0.377 e. The second kappa shape index (κ2) is 4.30. The number of nitrogens with one attached hydrogen (secondary N) is 1. The summed E-state index contributed by atoms with van der Waals surface area (Å²) in [5, 5.41) is 4.99. The molecule has 19 heavy (non-hydrogen) atoms. The first-order chi connectivity index (χ1) is 8.98. The van der Waals surface area contributed by atoms with Gasteiger partial charge in [0.05, 0.1) is 12.6 Å². The lowest BCUT2D eigenvalue weighted by Gasteiger charge is -2.60. The summed E-state index contributed by atoms with van der Waals surface area (Å²) in [6, 6.07) is 4.00. The molecule has 0 radical (unpaired) electrons. The van der Waals surface area contributed by atoms with Crippen molar-refractivity contribution in [1.82, 2.24) is 5.32 Å². The van der Waals surface area contributed by atoms with Gasteiger partial charge in [0.25, 0.3) is 0 Å². The lowest BCUT2D eigenvalue weighted by Crippen LogP contribution is -2.80. The summed E-state index contributed by atoms with van der Waals surface area (Å²) in [6.45, 7) is 5.34. The van der Waals surface area contributed by atoms with Gasteiger partial charge in [-0.1, -0.05) is 19.9 Å². The molecule has 0 spiro atoms. The maximum atomic E-state index is 12.5. The van der Waals surface area contributed by atoms with Gasteiger partial charge in [0.2, 0.25) is 5.91 Å². The third-order valence-electron chi connectivity index (χ3n) is 4.83. The standard InChI is InChI=1S/C14H20N2O2S/c1-13(2)11-10(5-6-18-11)14(13,15)12(17)16-8-9-4-3-7-19-9/h3-4,7,10-11H,5-6,8,15H2,1-2H3,(H,16,17). The van der Waals surface area contributed by atoms with E-state index < -0.39 is 5.54 Å². The zero-order chi connectivity index (χ0) is 13.7. The molecule has 0 aromatic carbocycles. The van der Waals surface area contributed by atoms with Crippen LogP contribution >= 0.6 is 11.3 Å². The van der Waals surface area contributed by atoms with Crippen LogP contribution < -0.4 is 11.1 Å². The molecule has 1 aliphatic heterocycles. The molecule has 3 unspecified atom stereocenters. The first-order valence-corrected chi connectivity index (χ1v) is 7.57. The summed E-state index contributed by atoms with van der Waals surface area (Å²) in [7, 11) is 0. The van der Waals surface area contributed by atoms with Gasteiger partial charge in [-0.15, -0.1) is 11.3 Å². The largest absolute Gasteiger partial charge is 0.377 e. The van der Waals surface area contributed by atoms with Crippen molar-refractivity contribution < 1.29 is 9.53 Å². The van der Waals surface area contributed by atoms with Crippen molar-refractivity contribution in [3.63, 3.8) is 0 Å². The highest BCUT2D eigenvalue weighted by Gasteiger charge is 2.71. The Bertz CT molecular complexity index is 486. The SMILES string of the molecule is CC1(C)C2OCCC2C1(N)C(=O)NCc1cccs1. The van der Waals surface area contributed by atoms with Crippen LogP contribution in [0.3, 0.4) is 0 Å². The number of thiophene rings is 1. The first kappa shape index (κ1) is 13.1. The normalized spacial score (nSPS) is 35.5. The van der Waals surface area contributed by atoms with Crippen molar-refractivity contribution in [3.8, 4) is 0 Å². The van der Waals surface area contributed by atoms with Crippen molar-refractivity contribution in [3.05, 3.63) is 22.4 Å². The Morgan fingerprint density at radius 2 is 2.42 bits per heavy atom. The van der Waals surface area contributed by atoms with Gasteiger partial charge in [0.1, 0.15) is 5.54 Å². The number of carbonyl (C=O) groups is 1. The van der Waals surface area contributed by atoms with Gasteiger partial charge in [0, 0.05) is 22.8 Å². The molecule has 2 aliphatic rings. The van der Waals surface area contributed by atoms with Crippen LogP contribution in [0.15, 0.2) is 17.5 Å². The number of nitrogens with two attached hydrogens (primary N) is 1. The van der Waals surface area contributed by atoms with Crippen molar-refractivity contribution >= 4 is 17.2 Å². The number of hydrogen-bond donors (Lipinski definition) is 2. The topological polar surface area (TPSA) is 64.3 Å². The second-order valence-electron chi connectivity index (χ2n) is 6.04. The summed E-state index contributed by atoms with van der Waals surface area (Å²) in [6.07, 6.45) is 1.02. The van der Waals surface area contributed by atoms with Gasteiger partial charge < -0.3 is 15.8 Å². The van der Waals surface area contributed by atoms with Crippen molar-refractivity contribution in [1.29, 1.82) is 0 Å². The second-order valence-corrected chi connectivity index (χ2v) is 7.07. The molecular weight excluding hydrogens is 260 g/mol. The Morgan fingerprint density at radius 1 is 1.63 bits per heavy atom. The van der Waals surface area contributed by atoms with Crippen LogP contribution in [-0.2, 0) is 16.1 Å². The van der Waals surface area contributed by atoms with E-state index in [9.17, 15) is 4.79 Å².